The number of hydrogen-bond donors (Lipinski definition) is 0. The molecule has 0 saturated carbocycles. The molecule has 2 aromatic carbocycles. The van der Waals surface area contributed by atoms with E-state index in [2.05, 4.69) is 16.0 Å². The average molecular weight is 408 g/mol. The number of para-hydroxylation sites is 2. The van der Waals surface area contributed by atoms with Crippen LogP contribution >= 0.6 is 11.8 Å². The van der Waals surface area contributed by atoms with Crippen molar-refractivity contribution in [3.8, 4) is 5.75 Å². The zero-order chi connectivity index (χ0) is 19.9. The number of amides is 1. The van der Waals surface area contributed by atoms with Gasteiger partial charge in [0.15, 0.2) is 0 Å². The first kappa shape index (κ1) is 19.7. The highest BCUT2D eigenvalue weighted by molar-refractivity contribution is 8.00. The number of aromatic nitrogens is 1. The Kier molecular flexibility index (Phi) is 6.64. The third kappa shape index (κ3) is 5.28. The van der Waals surface area contributed by atoms with Gasteiger partial charge in [-0.1, -0.05) is 36.4 Å². The van der Waals surface area contributed by atoms with Crippen molar-refractivity contribution in [1.29, 1.82) is 0 Å². The van der Waals surface area contributed by atoms with Crippen molar-refractivity contribution in [2.24, 2.45) is 0 Å². The number of rotatable bonds is 7. The Bertz CT molecular complexity index is 938. The molecular weight excluding hydrogens is 382 g/mol. The van der Waals surface area contributed by atoms with Gasteiger partial charge in [0.2, 0.25) is 5.91 Å². The van der Waals surface area contributed by atoms with Crippen LogP contribution < -0.4 is 4.74 Å². The molecule has 0 unspecified atom stereocenters. The molecule has 1 aliphatic rings. The SMILES string of the molecule is O=C(CSc1ccnc2ccccc12)N1CCN(CCOc2ccccc2)CC1. The summed E-state index contributed by atoms with van der Waals surface area (Å²) in [4.78, 5) is 22.5. The number of carbonyl (C=O) groups excluding carboxylic acids is 1. The minimum atomic E-state index is 0.205. The van der Waals surface area contributed by atoms with Gasteiger partial charge in [-0.25, -0.2) is 0 Å². The molecule has 6 heteroatoms. The topological polar surface area (TPSA) is 45.7 Å². The van der Waals surface area contributed by atoms with Crippen molar-refractivity contribution in [3.05, 3.63) is 66.9 Å². The summed E-state index contributed by atoms with van der Waals surface area (Å²) < 4.78 is 5.78. The van der Waals surface area contributed by atoms with Crippen LogP contribution in [0.15, 0.2) is 71.8 Å². The zero-order valence-electron chi connectivity index (χ0n) is 16.4. The van der Waals surface area contributed by atoms with Crippen LogP contribution in [-0.2, 0) is 4.79 Å². The number of benzene rings is 2. The highest BCUT2D eigenvalue weighted by Crippen LogP contribution is 2.26. The second-order valence-electron chi connectivity index (χ2n) is 7.00. The highest BCUT2D eigenvalue weighted by Gasteiger charge is 2.21. The molecule has 1 saturated heterocycles. The van der Waals surface area contributed by atoms with Gasteiger partial charge in [-0.2, -0.15) is 0 Å². The van der Waals surface area contributed by atoms with Crippen LogP contribution in [0.2, 0.25) is 0 Å². The van der Waals surface area contributed by atoms with E-state index in [4.69, 9.17) is 4.74 Å². The molecule has 0 atom stereocenters. The van der Waals surface area contributed by atoms with Gasteiger partial charge < -0.3 is 9.64 Å². The van der Waals surface area contributed by atoms with Crippen molar-refractivity contribution in [2.45, 2.75) is 4.90 Å². The lowest BCUT2D eigenvalue weighted by Gasteiger charge is -2.34. The fraction of sp³-hybridized carbons (Fsp3) is 0.304. The van der Waals surface area contributed by atoms with E-state index in [0.29, 0.717) is 12.4 Å². The summed E-state index contributed by atoms with van der Waals surface area (Å²) >= 11 is 1.60. The van der Waals surface area contributed by atoms with Gasteiger partial charge in [-0.3, -0.25) is 14.7 Å². The summed E-state index contributed by atoms with van der Waals surface area (Å²) in [5, 5.41) is 1.11. The van der Waals surface area contributed by atoms with E-state index < -0.39 is 0 Å². The Hall–Kier alpha value is -2.57. The van der Waals surface area contributed by atoms with Crippen LogP contribution in [0.25, 0.3) is 10.9 Å². The van der Waals surface area contributed by atoms with Gasteiger partial charge in [0.05, 0.1) is 11.3 Å². The van der Waals surface area contributed by atoms with Crippen LogP contribution in [0.5, 0.6) is 5.75 Å². The predicted octanol–water partition coefficient (Wildman–Crippen LogP) is 3.55. The molecule has 29 heavy (non-hydrogen) atoms. The van der Waals surface area contributed by atoms with E-state index in [1.54, 1.807) is 11.8 Å². The first-order valence-corrected chi connectivity index (χ1v) is 10.9. The first-order chi connectivity index (χ1) is 14.3. The quantitative estimate of drug-likeness (QED) is 0.561. The largest absolute Gasteiger partial charge is 0.492 e. The molecule has 0 aliphatic carbocycles. The van der Waals surface area contributed by atoms with Crippen LogP contribution in [0.3, 0.4) is 0 Å². The molecule has 5 nitrogen and oxygen atoms in total. The maximum atomic E-state index is 12.7. The summed E-state index contributed by atoms with van der Waals surface area (Å²) in [6, 6.07) is 19.9. The van der Waals surface area contributed by atoms with E-state index in [9.17, 15) is 4.79 Å². The minimum absolute atomic E-state index is 0.205. The molecule has 150 valence electrons. The molecule has 1 aliphatic heterocycles. The van der Waals surface area contributed by atoms with Crippen LogP contribution in [0.1, 0.15) is 0 Å². The number of ether oxygens (including phenoxy) is 1. The number of fused-ring (bicyclic) bond motifs is 1. The Labute approximate surface area is 175 Å². The Balaban J connectivity index is 1.21. The molecule has 3 aromatic rings. The average Bonchev–Trinajstić information content (AvgIpc) is 2.78. The molecule has 1 fully saturated rings. The normalized spacial score (nSPS) is 14.8. The number of thioether (sulfide) groups is 1. The van der Waals surface area contributed by atoms with Crippen molar-refractivity contribution in [1.82, 2.24) is 14.8 Å². The number of carbonyl (C=O) groups is 1. The Morgan fingerprint density at radius 1 is 0.966 bits per heavy atom. The third-order valence-corrected chi connectivity index (χ3v) is 6.16. The molecular formula is C23H25N3O2S. The summed E-state index contributed by atoms with van der Waals surface area (Å²) in [5.74, 6) is 1.57. The molecule has 2 heterocycles. The van der Waals surface area contributed by atoms with Crippen molar-refractivity contribution >= 4 is 28.6 Å². The minimum Gasteiger partial charge on any atom is -0.492 e. The lowest BCUT2D eigenvalue weighted by molar-refractivity contribution is -0.130. The maximum absolute atomic E-state index is 12.7. The third-order valence-electron chi connectivity index (χ3n) is 5.10. The molecule has 0 bridgehead atoms. The summed E-state index contributed by atoms with van der Waals surface area (Å²) in [6.07, 6.45) is 1.81. The zero-order valence-corrected chi connectivity index (χ0v) is 17.2. The fourth-order valence-corrected chi connectivity index (χ4v) is 4.40. The molecule has 0 radical (unpaired) electrons. The van der Waals surface area contributed by atoms with Gasteiger partial charge in [0.1, 0.15) is 12.4 Å². The maximum Gasteiger partial charge on any atom is 0.233 e. The predicted molar refractivity (Wildman–Crippen MR) is 117 cm³/mol. The van der Waals surface area contributed by atoms with E-state index in [1.807, 2.05) is 65.7 Å². The van der Waals surface area contributed by atoms with Crippen molar-refractivity contribution in [3.63, 3.8) is 0 Å². The van der Waals surface area contributed by atoms with Gasteiger partial charge in [0, 0.05) is 49.2 Å². The molecule has 0 spiro atoms. The first-order valence-electron chi connectivity index (χ1n) is 9.94. The number of pyridine rings is 1. The fourth-order valence-electron chi connectivity index (χ4n) is 3.46. The molecule has 1 aromatic heterocycles. The summed E-state index contributed by atoms with van der Waals surface area (Å²) in [5.41, 5.74) is 0.969. The second kappa shape index (κ2) is 9.76. The lowest BCUT2D eigenvalue weighted by atomic mass is 10.2. The van der Waals surface area contributed by atoms with Crippen LogP contribution in [0.4, 0.5) is 0 Å². The Morgan fingerprint density at radius 2 is 1.72 bits per heavy atom. The van der Waals surface area contributed by atoms with Gasteiger partial charge in [-0.05, 0) is 24.3 Å². The summed E-state index contributed by atoms with van der Waals surface area (Å²) in [7, 11) is 0. The lowest BCUT2D eigenvalue weighted by Crippen LogP contribution is -2.50. The van der Waals surface area contributed by atoms with Crippen LogP contribution in [0, 0.1) is 0 Å². The van der Waals surface area contributed by atoms with Gasteiger partial charge >= 0.3 is 0 Å². The standard InChI is InChI=1S/C23H25N3O2S/c27-23(18-29-22-10-11-24-21-9-5-4-8-20(21)22)26-14-12-25(13-15-26)16-17-28-19-6-2-1-3-7-19/h1-11H,12-18H2. The second-order valence-corrected chi connectivity index (χ2v) is 8.02. The van der Waals surface area contributed by atoms with Crippen LogP contribution in [-0.4, -0.2) is 65.8 Å². The molecule has 4 rings (SSSR count). The molecule has 0 N–H and O–H groups in total. The van der Waals surface area contributed by atoms with E-state index in [1.165, 1.54) is 0 Å². The van der Waals surface area contributed by atoms with E-state index in [-0.39, 0.29) is 5.91 Å². The van der Waals surface area contributed by atoms with E-state index >= 15 is 0 Å². The Morgan fingerprint density at radius 3 is 2.55 bits per heavy atom. The number of hydrogen-bond acceptors (Lipinski definition) is 5. The number of nitrogens with zero attached hydrogens (tertiary/aromatic N) is 3. The smallest absolute Gasteiger partial charge is 0.233 e. The van der Waals surface area contributed by atoms with Crippen molar-refractivity contribution in [2.75, 3.05) is 45.1 Å². The monoisotopic (exact) mass is 407 g/mol. The van der Waals surface area contributed by atoms with Gasteiger partial charge in [-0.15, -0.1) is 11.8 Å². The summed E-state index contributed by atoms with van der Waals surface area (Å²) in [6.45, 7) is 4.90. The van der Waals surface area contributed by atoms with Gasteiger partial charge in [0.25, 0.3) is 0 Å². The molecule has 1 amide bonds. The van der Waals surface area contributed by atoms with E-state index in [0.717, 1.165) is 54.3 Å². The highest BCUT2D eigenvalue weighted by atomic mass is 32.2. The van der Waals surface area contributed by atoms with Crippen molar-refractivity contribution < 1.29 is 9.53 Å². The number of piperazine rings is 1.